The van der Waals surface area contributed by atoms with Crippen molar-refractivity contribution in [2.75, 3.05) is 0 Å². The first-order valence-electron chi connectivity index (χ1n) is 11.6. The second-order valence-electron chi connectivity index (χ2n) is 9.64. The van der Waals surface area contributed by atoms with Crippen molar-refractivity contribution in [1.29, 1.82) is 0 Å². The first-order valence-corrected chi connectivity index (χ1v) is 12.4. The van der Waals surface area contributed by atoms with E-state index >= 15 is 0 Å². The van der Waals surface area contributed by atoms with Crippen LogP contribution in [0.4, 0.5) is 0 Å². The normalized spacial score (nSPS) is 12.3. The Morgan fingerprint density at radius 3 is 1.82 bits per heavy atom. The van der Waals surface area contributed by atoms with Crippen LogP contribution in [0.25, 0.3) is 0 Å². The molecule has 3 aromatic carbocycles. The predicted molar refractivity (Wildman–Crippen MR) is 141 cm³/mol. The minimum atomic E-state index is -0.609. The number of nitrogens with one attached hydrogen (secondary N) is 1. The van der Waals surface area contributed by atoms with E-state index in [2.05, 4.69) is 45.5 Å². The molecule has 0 radical (unpaired) electrons. The maximum absolute atomic E-state index is 13.8. The Bertz CT molecular complexity index is 1040. The number of nitrogens with zero attached hydrogens (tertiary/aromatic N) is 1. The molecule has 0 aromatic heterocycles. The van der Waals surface area contributed by atoms with E-state index in [-0.39, 0.29) is 29.7 Å². The van der Waals surface area contributed by atoms with Gasteiger partial charge in [0, 0.05) is 28.9 Å². The summed E-state index contributed by atoms with van der Waals surface area (Å²) in [6.07, 6.45) is 0.275. The van der Waals surface area contributed by atoms with Crippen LogP contribution < -0.4 is 5.32 Å². The maximum atomic E-state index is 13.8. The Morgan fingerprint density at radius 1 is 0.853 bits per heavy atom. The lowest BCUT2D eigenvalue weighted by Gasteiger charge is -2.32. The van der Waals surface area contributed by atoms with Gasteiger partial charge in [-0.05, 0) is 56.5 Å². The van der Waals surface area contributed by atoms with E-state index in [9.17, 15) is 9.59 Å². The van der Waals surface area contributed by atoms with Gasteiger partial charge in [-0.2, -0.15) is 0 Å². The van der Waals surface area contributed by atoms with E-state index in [0.29, 0.717) is 6.54 Å². The quantitative estimate of drug-likeness (QED) is 0.378. The molecular weight excluding hydrogens is 488 g/mol. The highest BCUT2D eigenvalue weighted by molar-refractivity contribution is 9.10. The minimum absolute atomic E-state index is 0.0582. The summed E-state index contributed by atoms with van der Waals surface area (Å²) in [7, 11) is 0. The summed E-state index contributed by atoms with van der Waals surface area (Å²) < 4.78 is 0.973. The first-order chi connectivity index (χ1) is 16.1. The molecule has 0 saturated heterocycles. The lowest BCUT2D eigenvalue weighted by Crippen LogP contribution is -2.52. The summed E-state index contributed by atoms with van der Waals surface area (Å²) in [4.78, 5) is 28.6. The molecule has 34 heavy (non-hydrogen) atoms. The Labute approximate surface area is 211 Å². The zero-order valence-electron chi connectivity index (χ0n) is 20.3. The molecular formula is C29H33BrN2O2. The lowest BCUT2D eigenvalue weighted by molar-refractivity contribution is -0.141. The highest BCUT2D eigenvalue weighted by atomic mass is 79.9. The molecule has 3 aromatic rings. The molecule has 1 N–H and O–H groups in total. The molecule has 3 rings (SSSR count). The van der Waals surface area contributed by atoms with Gasteiger partial charge in [0.25, 0.3) is 0 Å². The van der Waals surface area contributed by atoms with Crippen LogP contribution in [-0.2, 0) is 16.1 Å². The van der Waals surface area contributed by atoms with Crippen molar-refractivity contribution < 1.29 is 9.59 Å². The maximum Gasteiger partial charge on any atom is 0.242 e. The largest absolute Gasteiger partial charge is 0.350 e. The molecule has 0 spiro atoms. The molecule has 4 nitrogen and oxygen atoms in total. The van der Waals surface area contributed by atoms with Crippen LogP contribution >= 0.6 is 15.9 Å². The number of halogens is 1. The van der Waals surface area contributed by atoms with Crippen LogP contribution in [0.15, 0.2) is 89.4 Å². The number of hydrogen-bond donors (Lipinski definition) is 1. The van der Waals surface area contributed by atoms with Crippen LogP contribution in [0.5, 0.6) is 0 Å². The number of amides is 2. The standard InChI is InChI=1S/C29H33BrN2O2/c1-21(28(34)31-29(2,3)4)32(20-22-15-17-25(30)18-16-22)27(33)19-26(23-11-7-5-8-12-23)24-13-9-6-10-14-24/h5-18,21,26H,19-20H2,1-4H3,(H,31,34)/t21-/m1/s1. The second-order valence-corrected chi connectivity index (χ2v) is 10.6. The molecule has 0 bridgehead atoms. The smallest absolute Gasteiger partial charge is 0.242 e. The fraction of sp³-hybridized carbons (Fsp3) is 0.310. The predicted octanol–water partition coefficient (Wildman–Crippen LogP) is 6.30. The van der Waals surface area contributed by atoms with Gasteiger partial charge in [-0.15, -0.1) is 0 Å². The molecule has 0 fully saturated rings. The lowest BCUT2D eigenvalue weighted by atomic mass is 9.88. The number of carbonyl (C=O) groups excluding carboxylic acids is 2. The van der Waals surface area contributed by atoms with Crippen molar-refractivity contribution in [3.63, 3.8) is 0 Å². The van der Waals surface area contributed by atoms with E-state index in [1.807, 2.05) is 81.4 Å². The third-order valence-corrected chi connectivity index (χ3v) is 6.24. The van der Waals surface area contributed by atoms with E-state index in [1.165, 1.54) is 0 Å². The molecule has 0 heterocycles. The fourth-order valence-electron chi connectivity index (χ4n) is 3.93. The average Bonchev–Trinajstić information content (AvgIpc) is 2.81. The van der Waals surface area contributed by atoms with Crippen LogP contribution in [0.2, 0.25) is 0 Å². The van der Waals surface area contributed by atoms with Crippen molar-refractivity contribution >= 4 is 27.7 Å². The summed E-state index contributed by atoms with van der Waals surface area (Å²) in [6, 6.07) is 27.4. The van der Waals surface area contributed by atoms with Crippen LogP contribution in [-0.4, -0.2) is 28.3 Å². The molecule has 1 atom stereocenters. The topological polar surface area (TPSA) is 49.4 Å². The Kier molecular flexibility index (Phi) is 8.67. The fourth-order valence-corrected chi connectivity index (χ4v) is 4.20. The first kappa shape index (κ1) is 25.7. The number of rotatable bonds is 8. The van der Waals surface area contributed by atoms with E-state index in [1.54, 1.807) is 11.8 Å². The molecule has 0 aliphatic rings. The summed E-state index contributed by atoms with van der Waals surface area (Å²) in [5.74, 6) is -0.314. The van der Waals surface area contributed by atoms with E-state index in [0.717, 1.165) is 21.2 Å². The molecule has 5 heteroatoms. The average molecular weight is 521 g/mol. The summed E-state index contributed by atoms with van der Waals surface area (Å²) in [6.45, 7) is 8.00. The molecule has 0 saturated carbocycles. The highest BCUT2D eigenvalue weighted by Crippen LogP contribution is 2.29. The van der Waals surface area contributed by atoms with Gasteiger partial charge >= 0.3 is 0 Å². The van der Waals surface area contributed by atoms with Crippen molar-refractivity contribution in [2.45, 2.75) is 58.2 Å². The van der Waals surface area contributed by atoms with Gasteiger partial charge in [0.05, 0.1) is 0 Å². The second kappa shape index (κ2) is 11.5. The number of carbonyl (C=O) groups is 2. The zero-order chi connectivity index (χ0) is 24.7. The van der Waals surface area contributed by atoms with E-state index in [4.69, 9.17) is 0 Å². The third-order valence-electron chi connectivity index (χ3n) is 5.71. The van der Waals surface area contributed by atoms with Gasteiger partial charge in [-0.25, -0.2) is 0 Å². The van der Waals surface area contributed by atoms with Gasteiger partial charge in [-0.1, -0.05) is 88.7 Å². The van der Waals surface area contributed by atoms with Gasteiger partial charge in [0.15, 0.2) is 0 Å². The summed E-state index contributed by atoms with van der Waals surface area (Å²) in [5, 5.41) is 3.03. The molecule has 0 unspecified atom stereocenters. The van der Waals surface area contributed by atoms with Crippen molar-refractivity contribution in [2.24, 2.45) is 0 Å². The summed E-state index contributed by atoms with van der Waals surface area (Å²) >= 11 is 3.47. The number of hydrogen-bond acceptors (Lipinski definition) is 2. The van der Waals surface area contributed by atoms with Crippen LogP contribution in [0.1, 0.15) is 56.7 Å². The van der Waals surface area contributed by atoms with Crippen molar-refractivity contribution in [1.82, 2.24) is 10.2 Å². The molecule has 0 aliphatic heterocycles. The highest BCUT2D eigenvalue weighted by Gasteiger charge is 2.30. The van der Waals surface area contributed by atoms with Crippen molar-refractivity contribution in [3.05, 3.63) is 106 Å². The van der Waals surface area contributed by atoms with Gasteiger partial charge in [0.1, 0.15) is 6.04 Å². The van der Waals surface area contributed by atoms with Gasteiger partial charge in [-0.3, -0.25) is 9.59 Å². The SMILES string of the molecule is C[C@H](C(=O)NC(C)(C)C)N(Cc1ccc(Br)cc1)C(=O)CC(c1ccccc1)c1ccccc1. The molecule has 0 aliphatic carbocycles. The summed E-state index contributed by atoms with van der Waals surface area (Å²) in [5.41, 5.74) is 2.76. The van der Waals surface area contributed by atoms with Crippen LogP contribution in [0.3, 0.4) is 0 Å². The third kappa shape index (κ3) is 7.29. The Morgan fingerprint density at radius 2 is 1.35 bits per heavy atom. The zero-order valence-corrected chi connectivity index (χ0v) is 21.9. The molecule has 2 amide bonds. The van der Waals surface area contributed by atoms with Crippen molar-refractivity contribution in [3.8, 4) is 0 Å². The van der Waals surface area contributed by atoms with Crippen LogP contribution in [0, 0.1) is 0 Å². The van der Waals surface area contributed by atoms with Gasteiger partial charge in [0.2, 0.25) is 11.8 Å². The van der Waals surface area contributed by atoms with Gasteiger partial charge < -0.3 is 10.2 Å². The minimum Gasteiger partial charge on any atom is -0.350 e. The Balaban J connectivity index is 1.92. The molecule has 178 valence electrons. The monoisotopic (exact) mass is 520 g/mol. The van der Waals surface area contributed by atoms with E-state index < -0.39 is 6.04 Å². The Hall–Kier alpha value is -2.92. The number of benzene rings is 3.